The summed E-state index contributed by atoms with van der Waals surface area (Å²) in [5.74, 6) is 0. The van der Waals surface area contributed by atoms with Crippen LogP contribution in [0.25, 0.3) is 5.57 Å². The third kappa shape index (κ3) is 2.33. The van der Waals surface area contributed by atoms with Crippen molar-refractivity contribution in [1.82, 2.24) is 0 Å². The van der Waals surface area contributed by atoms with Crippen LogP contribution in [0.5, 0.6) is 0 Å². The van der Waals surface area contributed by atoms with Gasteiger partial charge in [-0.15, -0.1) is 0 Å². The van der Waals surface area contributed by atoms with Crippen LogP contribution in [0.1, 0.15) is 12.5 Å². The Labute approximate surface area is 79.7 Å². The molecule has 0 amide bonds. The highest BCUT2D eigenvalue weighted by Crippen LogP contribution is 2.12. The minimum absolute atomic E-state index is 0.804. The summed E-state index contributed by atoms with van der Waals surface area (Å²) < 4.78 is 0. The van der Waals surface area contributed by atoms with E-state index < -0.39 is 0 Å². The summed E-state index contributed by atoms with van der Waals surface area (Å²) >= 11 is 0. The molecule has 1 nitrogen and oxygen atoms in total. The normalized spacial score (nSPS) is 11.1. The second kappa shape index (κ2) is 4.68. The maximum Gasteiger partial charge on any atom is 0.326 e. The van der Waals surface area contributed by atoms with Gasteiger partial charge in [-0.25, -0.2) is 0 Å². The minimum Gasteiger partial charge on any atom is -0.450 e. The molecule has 0 aliphatic rings. The Morgan fingerprint density at radius 1 is 1.54 bits per heavy atom. The molecule has 1 radical (unpaired) electrons. The van der Waals surface area contributed by atoms with Gasteiger partial charge in [-0.2, -0.15) is 0 Å². The molecule has 13 heavy (non-hydrogen) atoms. The molecule has 0 heterocycles. The Hall–Kier alpha value is -1.28. The van der Waals surface area contributed by atoms with Crippen LogP contribution in [0.4, 0.5) is 0 Å². The van der Waals surface area contributed by atoms with Gasteiger partial charge in [-0.3, -0.25) is 0 Å². The summed E-state index contributed by atoms with van der Waals surface area (Å²) in [7, 11) is 1.10. The third-order valence-electron chi connectivity index (χ3n) is 1.90. The van der Waals surface area contributed by atoms with Crippen LogP contribution in [0.15, 0.2) is 43.0 Å². The molecule has 0 saturated carbocycles. The first kappa shape index (κ1) is 9.81. The van der Waals surface area contributed by atoms with Gasteiger partial charge in [0.1, 0.15) is 0 Å². The van der Waals surface area contributed by atoms with Gasteiger partial charge in [-0.1, -0.05) is 48.5 Å². The van der Waals surface area contributed by atoms with Crippen molar-refractivity contribution in [2.45, 2.75) is 6.92 Å². The fraction of sp³-hybridized carbons (Fsp3) is 0.0909. The lowest BCUT2D eigenvalue weighted by molar-refractivity contribution is 0.615. The molecule has 0 aliphatic heterocycles. The standard InChI is InChI=1S/C11H12BO/c1-3-9(4-2)10-6-5-7-11(8-10)12-13/h3-8,13H,1H2,2H3/b9-4+. The van der Waals surface area contributed by atoms with Crippen molar-refractivity contribution in [1.29, 1.82) is 0 Å². The lowest BCUT2D eigenvalue weighted by Gasteiger charge is -2.02. The molecule has 0 aliphatic carbocycles. The van der Waals surface area contributed by atoms with Gasteiger partial charge in [0.15, 0.2) is 0 Å². The van der Waals surface area contributed by atoms with E-state index in [9.17, 15) is 0 Å². The van der Waals surface area contributed by atoms with Gasteiger partial charge < -0.3 is 5.02 Å². The Bertz CT molecular complexity index is 329. The van der Waals surface area contributed by atoms with Crippen molar-refractivity contribution in [3.63, 3.8) is 0 Å². The molecule has 0 spiro atoms. The molecule has 1 N–H and O–H groups in total. The molecular formula is C11H12BO. The lowest BCUT2D eigenvalue weighted by Crippen LogP contribution is -2.13. The molecule has 0 bridgehead atoms. The number of hydrogen-bond donors (Lipinski definition) is 1. The van der Waals surface area contributed by atoms with Crippen LogP contribution in [-0.4, -0.2) is 12.5 Å². The maximum absolute atomic E-state index is 8.82. The fourth-order valence-corrected chi connectivity index (χ4v) is 1.20. The van der Waals surface area contributed by atoms with Crippen LogP contribution < -0.4 is 5.46 Å². The van der Waals surface area contributed by atoms with Crippen LogP contribution in [0.3, 0.4) is 0 Å². The molecule has 65 valence electrons. The first-order chi connectivity index (χ1) is 6.31. The highest BCUT2D eigenvalue weighted by atomic mass is 16.2. The quantitative estimate of drug-likeness (QED) is 0.539. The predicted octanol–water partition coefficient (Wildman–Crippen LogP) is 1.51. The van der Waals surface area contributed by atoms with Crippen molar-refractivity contribution >= 4 is 18.5 Å². The molecule has 0 fully saturated rings. The van der Waals surface area contributed by atoms with Crippen molar-refractivity contribution in [2.24, 2.45) is 0 Å². The van der Waals surface area contributed by atoms with E-state index in [2.05, 4.69) is 6.58 Å². The summed E-state index contributed by atoms with van der Waals surface area (Å²) in [6, 6.07) is 7.66. The van der Waals surface area contributed by atoms with Crippen molar-refractivity contribution in [3.05, 3.63) is 48.6 Å². The van der Waals surface area contributed by atoms with Crippen LogP contribution in [0, 0.1) is 0 Å². The van der Waals surface area contributed by atoms with Crippen molar-refractivity contribution in [2.75, 3.05) is 0 Å². The average molecular weight is 171 g/mol. The zero-order valence-electron chi connectivity index (χ0n) is 7.70. The van der Waals surface area contributed by atoms with Crippen LogP contribution in [0.2, 0.25) is 0 Å². The van der Waals surface area contributed by atoms with E-state index in [1.807, 2.05) is 37.3 Å². The highest BCUT2D eigenvalue weighted by Gasteiger charge is 1.98. The Kier molecular flexibility index (Phi) is 3.53. The van der Waals surface area contributed by atoms with Gasteiger partial charge in [-0.05, 0) is 18.1 Å². The van der Waals surface area contributed by atoms with Gasteiger partial charge in [0, 0.05) is 0 Å². The number of allylic oxidation sites excluding steroid dienone is 3. The number of benzene rings is 1. The Balaban J connectivity index is 3.07. The molecular weight excluding hydrogens is 159 g/mol. The highest BCUT2D eigenvalue weighted by molar-refractivity contribution is 6.45. The summed E-state index contributed by atoms with van der Waals surface area (Å²) in [4.78, 5) is 0. The van der Waals surface area contributed by atoms with Crippen LogP contribution >= 0.6 is 0 Å². The van der Waals surface area contributed by atoms with E-state index in [1.165, 1.54) is 0 Å². The molecule has 0 saturated heterocycles. The lowest BCUT2D eigenvalue weighted by atomic mass is 9.86. The molecule has 0 atom stereocenters. The van der Waals surface area contributed by atoms with Gasteiger partial charge >= 0.3 is 7.48 Å². The van der Waals surface area contributed by atoms with E-state index >= 15 is 0 Å². The summed E-state index contributed by atoms with van der Waals surface area (Å²) in [5, 5.41) is 8.82. The average Bonchev–Trinajstić information content (AvgIpc) is 2.20. The van der Waals surface area contributed by atoms with E-state index in [0.717, 1.165) is 24.1 Å². The summed E-state index contributed by atoms with van der Waals surface area (Å²) in [6.45, 7) is 5.69. The molecule has 0 unspecified atom stereocenters. The first-order valence-corrected chi connectivity index (χ1v) is 4.18. The number of rotatable bonds is 3. The van der Waals surface area contributed by atoms with Crippen LogP contribution in [-0.2, 0) is 0 Å². The van der Waals surface area contributed by atoms with E-state index in [1.54, 1.807) is 6.08 Å². The van der Waals surface area contributed by atoms with Gasteiger partial charge in [0.25, 0.3) is 0 Å². The number of hydrogen-bond acceptors (Lipinski definition) is 1. The minimum atomic E-state index is 0.804. The van der Waals surface area contributed by atoms with E-state index in [4.69, 9.17) is 5.02 Å². The Morgan fingerprint density at radius 3 is 2.85 bits per heavy atom. The molecule has 1 rings (SSSR count). The second-order valence-electron chi connectivity index (χ2n) is 2.70. The van der Waals surface area contributed by atoms with Crippen molar-refractivity contribution in [3.8, 4) is 0 Å². The first-order valence-electron chi connectivity index (χ1n) is 4.18. The monoisotopic (exact) mass is 171 g/mol. The molecule has 1 aromatic carbocycles. The molecule has 1 aromatic rings. The summed E-state index contributed by atoms with van der Waals surface area (Å²) in [6.07, 6.45) is 3.79. The fourth-order valence-electron chi connectivity index (χ4n) is 1.20. The summed E-state index contributed by atoms with van der Waals surface area (Å²) in [5.41, 5.74) is 2.95. The Morgan fingerprint density at radius 2 is 2.31 bits per heavy atom. The second-order valence-corrected chi connectivity index (χ2v) is 2.70. The largest absolute Gasteiger partial charge is 0.450 e. The zero-order chi connectivity index (χ0) is 9.68. The molecule has 0 aromatic heterocycles. The van der Waals surface area contributed by atoms with Gasteiger partial charge in [0.05, 0.1) is 0 Å². The maximum atomic E-state index is 8.82. The third-order valence-corrected chi connectivity index (χ3v) is 1.90. The van der Waals surface area contributed by atoms with E-state index in [-0.39, 0.29) is 0 Å². The topological polar surface area (TPSA) is 20.2 Å². The van der Waals surface area contributed by atoms with E-state index in [0.29, 0.717) is 0 Å². The smallest absolute Gasteiger partial charge is 0.326 e. The predicted molar refractivity (Wildman–Crippen MR) is 57.9 cm³/mol. The van der Waals surface area contributed by atoms with Crippen molar-refractivity contribution < 1.29 is 5.02 Å². The van der Waals surface area contributed by atoms with Gasteiger partial charge in [0.2, 0.25) is 0 Å². The SMILES string of the molecule is C=C/C(=C\C)c1cccc([B]O)c1. The zero-order valence-corrected chi connectivity index (χ0v) is 7.70. The molecule has 2 heteroatoms.